The normalized spacial score (nSPS) is 27.0. The molecule has 2 fully saturated rings. The number of rotatable bonds is 4. The fraction of sp³-hybridized carbons (Fsp3) is 0.786. The maximum Gasteiger partial charge on any atom is 0.242 e. The number of β-lactam (4-membered cyclic amide) rings is 1. The average molecular weight is 297 g/mol. The number of carbonyl (C=O) groups excluding carboxylic acids is 3. The van der Waals surface area contributed by atoms with Crippen molar-refractivity contribution in [3.8, 4) is 0 Å². The highest BCUT2D eigenvalue weighted by molar-refractivity contribution is 5.95. The van der Waals surface area contributed by atoms with Crippen molar-refractivity contribution < 1.29 is 19.5 Å². The molecule has 2 saturated heterocycles. The van der Waals surface area contributed by atoms with Crippen LogP contribution in [-0.4, -0.2) is 64.9 Å². The first-order valence-corrected chi connectivity index (χ1v) is 7.32. The number of piperidine rings is 1. The molecule has 1 spiro atoms. The molecule has 0 bridgehead atoms. The third kappa shape index (κ3) is 2.62. The smallest absolute Gasteiger partial charge is 0.242 e. The fourth-order valence-corrected chi connectivity index (χ4v) is 3.26. The van der Waals surface area contributed by atoms with E-state index >= 15 is 0 Å². The van der Waals surface area contributed by atoms with E-state index in [1.807, 2.05) is 13.8 Å². The Morgan fingerprint density at radius 1 is 1.38 bits per heavy atom. The number of primary amides is 1. The summed E-state index contributed by atoms with van der Waals surface area (Å²) in [5.41, 5.74) is 4.60. The molecule has 3 amide bonds. The summed E-state index contributed by atoms with van der Waals surface area (Å²) in [4.78, 5) is 38.9. The van der Waals surface area contributed by atoms with Gasteiger partial charge in [0.1, 0.15) is 6.04 Å². The maximum atomic E-state index is 12.5. The van der Waals surface area contributed by atoms with Gasteiger partial charge in [0.15, 0.2) is 0 Å². The van der Waals surface area contributed by atoms with Crippen molar-refractivity contribution in [3.63, 3.8) is 0 Å². The zero-order chi connectivity index (χ0) is 15.8. The number of amides is 3. The molecule has 0 saturated carbocycles. The monoisotopic (exact) mass is 297 g/mol. The highest BCUT2D eigenvalue weighted by atomic mass is 16.3. The van der Waals surface area contributed by atoms with Gasteiger partial charge in [-0.25, -0.2) is 0 Å². The number of hydrogen-bond acceptors (Lipinski definition) is 4. The Morgan fingerprint density at radius 3 is 2.52 bits per heavy atom. The zero-order valence-corrected chi connectivity index (χ0v) is 12.5. The molecule has 3 N–H and O–H groups in total. The second-order valence-corrected chi connectivity index (χ2v) is 6.33. The van der Waals surface area contributed by atoms with Crippen molar-refractivity contribution in [2.45, 2.75) is 32.7 Å². The first-order valence-electron chi connectivity index (χ1n) is 7.32. The van der Waals surface area contributed by atoms with Crippen LogP contribution in [0.5, 0.6) is 0 Å². The average Bonchev–Trinajstić information content (AvgIpc) is 2.46. The van der Waals surface area contributed by atoms with Crippen LogP contribution in [0.3, 0.4) is 0 Å². The molecule has 2 heterocycles. The first kappa shape index (κ1) is 15.8. The van der Waals surface area contributed by atoms with Gasteiger partial charge in [0.2, 0.25) is 17.7 Å². The quantitative estimate of drug-likeness (QED) is 0.645. The highest BCUT2D eigenvalue weighted by Gasteiger charge is 2.56. The second kappa shape index (κ2) is 5.63. The Morgan fingerprint density at radius 2 is 2.05 bits per heavy atom. The molecule has 7 nitrogen and oxygen atoms in total. The Bertz CT molecular complexity index is 465. The van der Waals surface area contributed by atoms with Crippen LogP contribution in [-0.2, 0) is 14.4 Å². The molecule has 1 unspecified atom stereocenters. The van der Waals surface area contributed by atoms with Gasteiger partial charge in [-0.15, -0.1) is 0 Å². The fourth-order valence-electron chi connectivity index (χ4n) is 3.26. The second-order valence-electron chi connectivity index (χ2n) is 6.33. The number of nitrogens with two attached hydrogens (primary N) is 1. The first-order chi connectivity index (χ1) is 9.82. The number of hydrogen-bond donors (Lipinski definition) is 2. The molecule has 118 valence electrons. The Balaban J connectivity index is 2.07. The van der Waals surface area contributed by atoms with Gasteiger partial charge in [-0.05, 0) is 12.8 Å². The lowest BCUT2D eigenvalue weighted by Gasteiger charge is -2.54. The van der Waals surface area contributed by atoms with Gasteiger partial charge >= 0.3 is 0 Å². The van der Waals surface area contributed by atoms with Gasteiger partial charge in [-0.2, -0.15) is 0 Å². The molecule has 0 aromatic heterocycles. The molecule has 0 aliphatic carbocycles. The van der Waals surface area contributed by atoms with E-state index in [0.29, 0.717) is 26.1 Å². The van der Waals surface area contributed by atoms with Gasteiger partial charge in [0, 0.05) is 25.6 Å². The summed E-state index contributed by atoms with van der Waals surface area (Å²) >= 11 is 0. The van der Waals surface area contributed by atoms with Crippen LogP contribution in [0.25, 0.3) is 0 Å². The van der Waals surface area contributed by atoms with E-state index in [1.165, 1.54) is 4.90 Å². The van der Waals surface area contributed by atoms with Crippen LogP contribution >= 0.6 is 0 Å². The van der Waals surface area contributed by atoms with Crippen LogP contribution in [0.15, 0.2) is 0 Å². The standard InChI is InChI=1S/C14H23N3O4/c1-9(2)12(20)16-5-3-4-14(7-16)8-17(13(14)21)10(6-18)11(15)19/h9-10,18H,3-8H2,1-2H3,(H2,15,19)/t10-,14?/m0/s1. The van der Waals surface area contributed by atoms with Crippen LogP contribution in [0, 0.1) is 11.3 Å². The van der Waals surface area contributed by atoms with E-state index in [0.717, 1.165) is 6.42 Å². The highest BCUT2D eigenvalue weighted by Crippen LogP contribution is 2.41. The number of nitrogens with zero attached hydrogens (tertiary/aromatic N) is 2. The number of carbonyl (C=O) groups is 3. The lowest BCUT2D eigenvalue weighted by atomic mass is 9.71. The van der Waals surface area contributed by atoms with Gasteiger partial charge in [-0.1, -0.05) is 13.8 Å². The number of aliphatic hydroxyl groups is 1. The topological polar surface area (TPSA) is 104 Å². The van der Waals surface area contributed by atoms with Crippen molar-refractivity contribution >= 4 is 17.7 Å². The minimum absolute atomic E-state index is 0.0499. The van der Waals surface area contributed by atoms with E-state index in [4.69, 9.17) is 5.73 Å². The summed E-state index contributed by atoms with van der Waals surface area (Å²) in [7, 11) is 0. The third-order valence-corrected chi connectivity index (χ3v) is 4.45. The Kier molecular flexibility index (Phi) is 4.22. The predicted molar refractivity (Wildman–Crippen MR) is 74.9 cm³/mol. The lowest BCUT2D eigenvalue weighted by Crippen LogP contribution is -2.71. The minimum Gasteiger partial charge on any atom is -0.394 e. The summed E-state index contributed by atoms with van der Waals surface area (Å²) in [5, 5.41) is 9.19. The van der Waals surface area contributed by atoms with E-state index in [1.54, 1.807) is 4.90 Å². The van der Waals surface area contributed by atoms with Gasteiger partial charge in [-0.3, -0.25) is 14.4 Å². The molecule has 21 heavy (non-hydrogen) atoms. The lowest BCUT2D eigenvalue weighted by molar-refractivity contribution is -0.176. The molecule has 2 atom stereocenters. The van der Waals surface area contributed by atoms with Gasteiger partial charge in [0.05, 0.1) is 12.0 Å². The molecular formula is C14H23N3O4. The molecule has 2 rings (SSSR count). The zero-order valence-electron chi connectivity index (χ0n) is 12.5. The van der Waals surface area contributed by atoms with Crippen molar-refractivity contribution in [2.75, 3.05) is 26.2 Å². The van der Waals surface area contributed by atoms with E-state index in [-0.39, 0.29) is 17.7 Å². The molecule has 0 radical (unpaired) electrons. The van der Waals surface area contributed by atoms with Crippen LogP contribution in [0.2, 0.25) is 0 Å². The molecule has 0 aromatic rings. The summed E-state index contributed by atoms with van der Waals surface area (Å²) in [6, 6.07) is -0.959. The molecule has 0 aromatic carbocycles. The van der Waals surface area contributed by atoms with Crippen molar-refractivity contribution in [1.29, 1.82) is 0 Å². The molecular weight excluding hydrogens is 274 g/mol. The summed E-state index contributed by atoms with van der Waals surface area (Å²) in [5.74, 6) is -0.926. The Hall–Kier alpha value is -1.63. The molecule has 7 heteroatoms. The summed E-state index contributed by atoms with van der Waals surface area (Å²) in [6.45, 7) is 4.66. The minimum atomic E-state index is -0.959. The summed E-state index contributed by atoms with van der Waals surface area (Å²) < 4.78 is 0. The molecule has 2 aliphatic heterocycles. The molecule has 2 aliphatic rings. The van der Waals surface area contributed by atoms with E-state index < -0.39 is 24.0 Å². The number of aliphatic hydroxyl groups excluding tert-OH is 1. The SMILES string of the molecule is CC(C)C(=O)N1CCCC2(C1)CN([C@@H](CO)C(N)=O)C2=O. The maximum absolute atomic E-state index is 12.5. The van der Waals surface area contributed by atoms with E-state index in [2.05, 4.69) is 0 Å². The van der Waals surface area contributed by atoms with Crippen LogP contribution in [0.4, 0.5) is 0 Å². The van der Waals surface area contributed by atoms with Gasteiger partial charge < -0.3 is 20.6 Å². The van der Waals surface area contributed by atoms with E-state index in [9.17, 15) is 19.5 Å². The Labute approximate surface area is 124 Å². The number of likely N-dealkylation sites (tertiary alicyclic amines) is 2. The van der Waals surface area contributed by atoms with Crippen LogP contribution < -0.4 is 5.73 Å². The summed E-state index contributed by atoms with van der Waals surface area (Å²) in [6.07, 6.45) is 1.49. The van der Waals surface area contributed by atoms with Gasteiger partial charge in [0.25, 0.3) is 0 Å². The van der Waals surface area contributed by atoms with Crippen LogP contribution in [0.1, 0.15) is 26.7 Å². The van der Waals surface area contributed by atoms with Crippen molar-refractivity contribution in [1.82, 2.24) is 9.80 Å². The predicted octanol–water partition coefficient (Wildman–Crippen LogP) is -1.06. The largest absolute Gasteiger partial charge is 0.394 e. The van der Waals surface area contributed by atoms with Crippen molar-refractivity contribution in [2.24, 2.45) is 17.1 Å². The van der Waals surface area contributed by atoms with Crippen molar-refractivity contribution in [3.05, 3.63) is 0 Å². The third-order valence-electron chi connectivity index (χ3n) is 4.45.